The van der Waals surface area contributed by atoms with Gasteiger partial charge in [0.15, 0.2) is 5.16 Å². The molecule has 2 aromatic rings. The van der Waals surface area contributed by atoms with Crippen molar-refractivity contribution in [3.63, 3.8) is 0 Å². The van der Waals surface area contributed by atoms with Crippen molar-refractivity contribution in [1.82, 2.24) is 14.8 Å². The van der Waals surface area contributed by atoms with Gasteiger partial charge in [0, 0.05) is 25.7 Å². The van der Waals surface area contributed by atoms with Crippen LogP contribution in [0.15, 0.2) is 23.4 Å². The van der Waals surface area contributed by atoms with Crippen molar-refractivity contribution in [3.05, 3.63) is 29.8 Å². The molecule has 0 spiro atoms. The predicted octanol–water partition coefficient (Wildman–Crippen LogP) is 2.53. The number of ether oxygens (including phenoxy) is 1. The summed E-state index contributed by atoms with van der Waals surface area (Å²) >= 11 is 1.24. The molecule has 0 bridgehead atoms. The highest BCUT2D eigenvalue weighted by Gasteiger charge is 2.23. The topological polar surface area (TPSA) is 72.3 Å². The minimum atomic E-state index is -0.813. The summed E-state index contributed by atoms with van der Waals surface area (Å²) in [6.45, 7) is 7.09. The summed E-state index contributed by atoms with van der Waals surface area (Å²) in [7, 11) is 0. The number of nitrogens with one attached hydrogen (secondary N) is 1. The second-order valence-corrected chi connectivity index (χ2v) is 7.31. The van der Waals surface area contributed by atoms with Crippen molar-refractivity contribution in [2.24, 2.45) is 0 Å². The van der Waals surface area contributed by atoms with E-state index in [1.54, 1.807) is 6.92 Å². The van der Waals surface area contributed by atoms with Gasteiger partial charge in [0.25, 0.3) is 0 Å². The molecular weight excluding hydrogens is 376 g/mol. The standard InChI is InChI=1S/C17H21F2N5O2S/c1-3-24-16(23-6-8-26-9-7-23)21-22-17(24)27-11(2)15(25)20-14-5-4-12(18)10-13(14)19/h4-5,10-11H,3,6-9H2,1-2H3,(H,20,25)/t11-/m0/s1. The molecule has 1 aromatic heterocycles. The summed E-state index contributed by atoms with van der Waals surface area (Å²) in [5.74, 6) is -1.16. The molecule has 2 heterocycles. The third-order valence-electron chi connectivity index (χ3n) is 4.15. The highest BCUT2D eigenvalue weighted by atomic mass is 32.2. The summed E-state index contributed by atoms with van der Waals surface area (Å²) in [6, 6.07) is 3.03. The number of aromatic nitrogens is 3. The minimum Gasteiger partial charge on any atom is -0.378 e. The quantitative estimate of drug-likeness (QED) is 0.756. The number of rotatable bonds is 6. The SMILES string of the molecule is CCn1c(S[C@@H](C)C(=O)Nc2ccc(F)cc2F)nnc1N1CCOCC1. The van der Waals surface area contributed by atoms with Crippen LogP contribution in [0.4, 0.5) is 20.4 Å². The number of amides is 1. The molecule has 146 valence electrons. The lowest BCUT2D eigenvalue weighted by Crippen LogP contribution is -2.38. The molecule has 1 aliphatic rings. The number of hydrogen-bond acceptors (Lipinski definition) is 6. The van der Waals surface area contributed by atoms with Crippen LogP contribution in [0.2, 0.25) is 0 Å². The summed E-state index contributed by atoms with van der Waals surface area (Å²) < 4.78 is 34.0. The molecule has 1 fully saturated rings. The number of halogens is 2. The summed E-state index contributed by atoms with van der Waals surface area (Å²) in [6.07, 6.45) is 0. The van der Waals surface area contributed by atoms with E-state index in [0.29, 0.717) is 24.9 Å². The Kier molecular flexibility index (Phi) is 6.27. The van der Waals surface area contributed by atoms with E-state index in [-0.39, 0.29) is 5.69 Å². The first-order valence-electron chi connectivity index (χ1n) is 8.68. The molecule has 1 atom stereocenters. The molecule has 0 saturated carbocycles. The zero-order valence-corrected chi connectivity index (χ0v) is 15.9. The number of carbonyl (C=O) groups excluding carboxylic acids is 1. The zero-order chi connectivity index (χ0) is 19.4. The normalized spacial score (nSPS) is 15.6. The fourth-order valence-corrected chi connectivity index (χ4v) is 3.59. The molecule has 1 amide bonds. The van der Waals surface area contributed by atoms with E-state index in [1.807, 2.05) is 11.5 Å². The summed E-state index contributed by atoms with van der Waals surface area (Å²) in [5.41, 5.74) is -0.0557. The summed E-state index contributed by atoms with van der Waals surface area (Å²) in [4.78, 5) is 14.5. The van der Waals surface area contributed by atoms with Gasteiger partial charge in [0.05, 0.1) is 24.2 Å². The van der Waals surface area contributed by atoms with Crippen molar-refractivity contribution < 1.29 is 18.3 Å². The van der Waals surface area contributed by atoms with Crippen LogP contribution in [-0.4, -0.2) is 52.2 Å². The van der Waals surface area contributed by atoms with Crippen molar-refractivity contribution >= 4 is 29.3 Å². The molecule has 1 N–H and O–H groups in total. The Morgan fingerprint density at radius 2 is 2.07 bits per heavy atom. The molecular formula is C17H21F2N5O2S. The van der Waals surface area contributed by atoms with Crippen LogP contribution >= 0.6 is 11.8 Å². The first-order valence-corrected chi connectivity index (χ1v) is 9.56. The minimum absolute atomic E-state index is 0.0557. The van der Waals surface area contributed by atoms with Crippen LogP contribution in [0.25, 0.3) is 0 Å². The Bertz CT molecular complexity index is 811. The van der Waals surface area contributed by atoms with Crippen LogP contribution in [0.5, 0.6) is 0 Å². The highest BCUT2D eigenvalue weighted by Crippen LogP contribution is 2.27. The maximum atomic E-state index is 13.7. The number of thioether (sulfide) groups is 1. The Labute approximate surface area is 160 Å². The Morgan fingerprint density at radius 1 is 1.33 bits per heavy atom. The smallest absolute Gasteiger partial charge is 0.237 e. The van der Waals surface area contributed by atoms with E-state index in [4.69, 9.17) is 4.74 Å². The van der Waals surface area contributed by atoms with Crippen molar-refractivity contribution in [2.75, 3.05) is 36.5 Å². The first kappa shape index (κ1) is 19.6. The summed E-state index contributed by atoms with van der Waals surface area (Å²) in [5, 5.41) is 11.0. The Hall–Kier alpha value is -2.20. The van der Waals surface area contributed by atoms with E-state index < -0.39 is 22.8 Å². The zero-order valence-electron chi connectivity index (χ0n) is 15.1. The van der Waals surface area contributed by atoms with Gasteiger partial charge in [-0.15, -0.1) is 10.2 Å². The van der Waals surface area contributed by atoms with Gasteiger partial charge in [-0.25, -0.2) is 8.78 Å². The van der Waals surface area contributed by atoms with E-state index in [0.717, 1.165) is 31.2 Å². The van der Waals surface area contributed by atoms with E-state index in [2.05, 4.69) is 20.4 Å². The lowest BCUT2D eigenvalue weighted by Gasteiger charge is -2.27. The molecule has 7 nitrogen and oxygen atoms in total. The fourth-order valence-electron chi connectivity index (χ4n) is 2.68. The third kappa shape index (κ3) is 4.56. The largest absolute Gasteiger partial charge is 0.378 e. The molecule has 10 heteroatoms. The van der Waals surface area contributed by atoms with Crippen molar-refractivity contribution in [1.29, 1.82) is 0 Å². The molecule has 0 unspecified atom stereocenters. The van der Waals surface area contributed by atoms with E-state index >= 15 is 0 Å². The fraction of sp³-hybridized carbons (Fsp3) is 0.471. The third-order valence-corrected chi connectivity index (χ3v) is 5.23. The average Bonchev–Trinajstić information content (AvgIpc) is 3.07. The number of anilines is 2. The monoisotopic (exact) mass is 397 g/mol. The number of carbonyl (C=O) groups is 1. The molecule has 3 rings (SSSR count). The van der Waals surface area contributed by atoms with Gasteiger partial charge in [-0.05, 0) is 26.0 Å². The maximum Gasteiger partial charge on any atom is 0.237 e. The second kappa shape index (κ2) is 8.66. The van der Waals surface area contributed by atoms with Crippen LogP contribution < -0.4 is 10.2 Å². The number of nitrogens with zero attached hydrogens (tertiary/aromatic N) is 4. The van der Waals surface area contributed by atoms with E-state index in [1.165, 1.54) is 17.8 Å². The molecule has 0 radical (unpaired) electrons. The Morgan fingerprint density at radius 3 is 2.74 bits per heavy atom. The lowest BCUT2D eigenvalue weighted by molar-refractivity contribution is -0.115. The maximum absolute atomic E-state index is 13.7. The van der Waals surface area contributed by atoms with Gasteiger partial charge in [0.2, 0.25) is 11.9 Å². The van der Waals surface area contributed by atoms with Gasteiger partial charge in [-0.1, -0.05) is 11.8 Å². The van der Waals surface area contributed by atoms with Gasteiger partial charge in [-0.2, -0.15) is 0 Å². The molecule has 0 aliphatic carbocycles. The lowest BCUT2D eigenvalue weighted by atomic mass is 10.3. The Balaban J connectivity index is 1.68. The predicted molar refractivity (Wildman–Crippen MR) is 99.0 cm³/mol. The van der Waals surface area contributed by atoms with Crippen molar-refractivity contribution in [2.45, 2.75) is 30.8 Å². The van der Waals surface area contributed by atoms with E-state index in [9.17, 15) is 13.6 Å². The molecule has 27 heavy (non-hydrogen) atoms. The number of morpholine rings is 1. The van der Waals surface area contributed by atoms with Gasteiger partial charge in [-0.3, -0.25) is 9.36 Å². The molecule has 1 aliphatic heterocycles. The van der Waals surface area contributed by atoms with Crippen LogP contribution in [0.3, 0.4) is 0 Å². The first-order chi connectivity index (χ1) is 13.0. The van der Waals surface area contributed by atoms with Crippen LogP contribution in [0, 0.1) is 11.6 Å². The van der Waals surface area contributed by atoms with Crippen LogP contribution in [-0.2, 0) is 16.1 Å². The highest BCUT2D eigenvalue weighted by molar-refractivity contribution is 8.00. The molecule has 1 saturated heterocycles. The number of hydrogen-bond donors (Lipinski definition) is 1. The second-order valence-electron chi connectivity index (χ2n) is 6.00. The number of benzene rings is 1. The van der Waals surface area contributed by atoms with Gasteiger partial charge < -0.3 is 15.0 Å². The van der Waals surface area contributed by atoms with Crippen LogP contribution in [0.1, 0.15) is 13.8 Å². The van der Waals surface area contributed by atoms with Gasteiger partial charge in [0.1, 0.15) is 11.6 Å². The average molecular weight is 397 g/mol. The van der Waals surface area contributed by atoms with Crippen molar-refractivity contribution in [3.8, 4) is 0 Å². The van der Waals surface area contributed by atoms with Gasteiger partial charge >= 0.3 is 0 Å². The molecule has 1 aromatic carbocycles.